The lowest BCUT2D eigenvalue weighted by molar-refractivity contribution is -0.152. The van der Waals surface area contributed by atoms with Gasteiger partial charge in [0.2, 0.25) is 0 Å². The molecule has 19 heavy (non-hydrogen) atoms. The number of carbonyl (C=O) groups is 2. The number of ketones is 1. The van der Waals surface area contributed by atoms with E-state index in [1.165, 1.54) is 25.0 Å². The van der Waals surface area contributed by atoms with E-state index in [-0.39, 0.29) is 5.78 Å². The maximum atomic E-state index is 11.8. The number of hydrogen-bond donors (Lipinski definition) is 1. The third-order valence-electron chi connectivity index (χ3n) is 3.19. The quantitative estimate of drug-likeness (QED) is 0.530. The van der Waals surface area contributed by atoms with Gasteiger partial charge in [-0.05, 0) is 53.9 Å². The smallest absolute Gasteiger partial charge is 0.316 e. The molecule has 0 aromatic heterocycles. The molecule has 3 heteroatoms. The van der Waals surface area contributed by atoms with Crippen LogP contribution in [0, 0.1) is 5.41 Å². The van der Waals surface area contributed by atoms with Crippen LogP contribution in [0.4, 0.5) is 0 Å². The molecular weight excluding hydrogens is 240 g/mol. The minimum absolute atomic E-state index is 0.214. The summed E-state index contributed by atoms with van der Waals surface area (Å²) in [6.45, 7) is 9.12. The van der Waals surface area contributed by atoms with E-state index < -0.39 is 11.4 Å². The number of hydrogen-bond acceptors (Lipinski definition) is 2. The highest BCUT2D eigenvalue weighted by atomic mass is 16.4. The summed E-state index contributed by atoms with van der Waals surface area (Å²) >= 11 is 0. The van der Waals surface area contributed by atoms with E-state index in [1.807, 2.05) is 13.0 Å². The first-order valence-corrected chi connectivity index (χ1v) is 6.73. The fourth-order valence-corrected chi connectivity index (χ4v) is 1.57. The second kappa shape index (κ2) is 7.93. The molecule has 0 unspecified atom stereocenters. The molecule has 0 spiro atoms. The highest BCUT2D eigenvalue weighted by molar-refractivity contribution is 6.02. The highest BCUT2D eigenvalue weighted by Gasteiger charge is 2.34. The van der Waals surface area contributed by atoms with E-state index in [4.69, 9.17) is 5.11 Å². The Bertz CT molecular complexity index is 383. The predicted molar refractivity (Wildman–Crippen MR) is 78.1 cm³/mol. The normalized spacial score (nSPS) is 12.2. The summed E-state index contributed by atoms with van der Waals surface area (Å²) in [5.74, 6) is -1.27. The van der Waals surface area contributed by atoms with Crippen LogP contribution in [0.3, 0.4) is 0 Å². The van der Waals surface area contributed by atoms with Gasteiger partial charge in [0.15, 0.2) is 0 Å². The summed E-state index contributed by atoms with van der Waals surface area (Å²) in [4.78, 5) is 22.7. The largest absolute Gasteiger partial charge is 0.481 e. The highest BCUT2D eigenvalue weighted by Crippen LogP contribution is 2.20. The second-order valence-electron chi connectivity index (χ2n) is 5.76. The van der Waals surface area contributed by atoms with E-state index >= 15 is 0 Å². The Balaban J connectivity index is 4.18. The molecule has 0 saturated carbocycles. The van der Waals surface area contributed by atoms with Crippen LogP contribution in [0.25, 0.3) is 0 Å². The molecule has 0 saturated heterocycles. The minimum Gasteiger partial charge on any atom is -0.481 e. The summed E-state index contributed by atoms with van der Waals surface area (Å²) < 4.78 is 0. The third-order valence-corrected chi connectivity index (χ3v) is 3.19. The predicted octanol–water partition coefficient (Wildman–Crippen LogP) is 4.14. The lowest BCUT2D eigenvalue weighted by Gasteiger charge is -2.16. The third kappa shape index (κ3) is 6.94. The van der Waals surface area contributed by atoms with E-state index in [0.717, 1.165) is 12.8 Å². The van der Waals surface area contributed by atoms with Crippen molar-refractivity contribution in [3.8, 4) is 0 Å². The SMILES string of the molecule is CC(C)=CCCC(C)=CCCC(=O)C(C)(C)C(=O)O. The molecule has 0 aliphatic heterocycles. The van der Waals surface area contributed by atoms with Gasteiger partial charge in [-0.25, -0.2) is 0 Å². The van der Waals surface area contributed by atoms with Gasteiger partial charge in [-0.3, -0.25) is 9.59 Å². The Hall–Kier alpha value is -1.38. The molecule has 0 amide bonds. The van der Waals surface area contributed by atoms with Crippen LogP contribution in [0.15, 0.2) is 23.3 Å². The topological polar surface area (TPSA) is 54.4 Å². The first-order chi connectivity index (χ1) is 8.67. The monoisotopic (exact) mass is 266 g/mol. The van der Waals surface area contributed by atoms with Gasteiger partial charge in [0.25, 0.3) is 0 Å². The number of carboxylic acid groups (broad SMARTS) is 1. The number of allylic oxidation sites excluding steroid dienone is 4. The minimum atomic E-state index is -1.27. The van der Waals surface area contributed by atoms with Gasteiger partial charge in [0.1, 0.15) is 11.2 Å². The van der Waals surface area contributed by atoms with E-state index in [2.05, 4.69) is 19.9 Å². The average Bonchev–Trinajstić information content (AvgIpc) is 2.27. The van der Waals surface area contributed by atoms with Gasteiger partial charge in [0.05, 0.1) is 0 Å². The van der Waals surface area contributed by atoms with Crippen LogP contribution >= 0.6 is 0 Å². The van der Waals surface area contributed by atoms with Gasteiger partial charge in [-0.2, -0.15) is 0 Å². The van der Waals surface area contributed by atoms with Crippen LogP contribution in [0.5, 0.6) is 0 Å². The summed E-state index contributed by atoms with van der Waals surface area (Å²) in [5, 5.41) is 8.95. The number of aliphatic carboxylic acids is 1. The van der Waals surface area contributed by atoms with Crippen molar-refractivity contribution in [3.05, 3.63) is 23.3 Å². The van der Waals surface area contributed by atoms with E-state index in [0.29, 0.717) is 12.8 Å². The first-order valence-electron chi connectivity index (χ1n) is 6.73. The van der Waals surface area contributed by atoms with Gasteiger partial charge in [0, 0.05) is 6.42 Å². The molecule has 0 aromatic rings. The number of carboxylic acids is 1. The average molecular weight is 266 g/mol. The van der Waals surface area contributed by atoms with Crippen molar-refractivity contribution < 1.29 is 14.7 Å². The van der Waals surface area contributed by atoms with Gasteiger partial charge in [-0.15, -0.1) is 0 Å². The first kappa shape index (κ1) is 17.6. The molecule has 0 aliphatic rings. The van der Waals surface area contributed by atoms with Crippen LogP contribution in [0.1, 0.15) is 60.3 Å². The van der Waals surface area contributed by atoms with Crippen molar-refractivity contribution in [2.24, 2.45) is 5.41 Å². The molecule has 3 nitrogen and oxygen atoms in total. The zero-order valence-corrected chi connectivity index (χ0v) is 12.7. The summed E-state index contributed by atoms with van der Waals surface area (Å²) in [7, 11) is 0. The molecule has 0 atom stereocenters. The van der Waals surface area contributed by atoms with Crippen LogP contribution in [-0.4, -0.2) is 16.9 Å². The molecule has 0 rings (SSSR count). The molecule has 0 aromatic carbocycles. The van der Waals surface area contributed by atoms with Gasteiger partial charge >= 0.3 is 5.97 Å². The Morgan fingerprint density at radius 1 is 1.00 bits per heavy atom. The summed E-state index contributed by atoms with van der Waals surface area (Å²) in [6.07, 6.45) is 7.14. The zero-order valence-electron chi connectivity index (χ0n) is 12.7. The van der Waals surface area contributed by atoms with Crippen LogP contribution in [-0.2, 0) is 9.59 Å². The molecule has 108 valence electrons. The molecule has 0 heterocycles. The molecule has 1 N–H and O–H groups in total. The summed E-state index contributed by atoms with van der Waals surface area (Å²) in [6, 6.07) is 0. The molecule has 0 bridgehead atoms. The second-order valence-corrected chi connectivity index (χ2v) is 5.76. The van der Waals surface area contributed by atoms with Crippen molar-refractivity contribution in [1.82, 2.24) is 0 Å². The molecule has 0 fully saturated rings. The van der Waals surface area contributed by atoms with Crippen molar-refractivity contribution >= 4 is 11.8 Å². The van der Waals surface area contributed by atoms with Crippen LogP contribution in [0.2, 0.25) is 0 Å². The fraction of sp³-hybridized carbons (Fsp3) is 0.625. The maximum absolute atomic E-state index is 11.8. The molecular formula is C16H26O3. The standard InChI is InChI=1S/C16H26O3/c1-12(2)8-6-9-13(3)10-7-11-14(17)16(4,5)15(18)19/h8,10H,6-7,9,11H2,1-5H3,(H,18,19). The Labute approximate surface area is 116 Å². The van der Waals surface area contributed by atoms with Crippen molar-refractivity contribution in [2.45, 2.75) is 60.3 Å². The molecule has 0 radical (unpaired) electrons. The lowest BCUT2D eigenvalue weighted by atomic mass is 9.86. The van der Waals surface area contributed by atoms with Crippen LogP contribution < -0.4 is 0 Å². The number of rotatable bonds is 8. The fourth-order valence-electron chi connectivity index (χ4n) is 1.57. The Morgan fingerprint density at radius 3 is 2.00 bits per heavy atom. The number of carbonyl (C=O) groups excluding carboxylic acids is 1. The maximum Gasteiger partial charge on any atom is 0.316 e. The Morgan fingerprint density at radius 2 is 1.53 bits per heavy atom. The van der Waals surface area contributed by atoms with Gasteiger partial charge in [-0.1, -0.05) is 23.3 Å². The van der Waals surface area contributed by atoms with Crippen molar-refractivity contribution in [1.29, 1.82) is 0 Å². The summed E-state index contributed by atoms with van der Waals surface area (Å²) in [5.41, 5.74) is 1.29. The molecule has 0 aliphatic carbocycles. The van der Waals surface area contributed by atoms with E-state index in [1.54, 1.807) is 0 Å². The van der Waals surface area contributed by atoms with Crippen molar-refractivity contribution in [3.63, 3.8) is 0 Å². The Kier molecular flexibility index (Phi) is 7.35. The number of Topliss-reactive ketones (excluding diaryl/α,β-unsaturated/α-hetero) is 1. The van der Waals surface area contributed by atoms with Gasteiger partial charge < -0.3 is 5.11 Å². The van der Waals surface area contributed by atoms with E-state index in [9.17, 15) is 9.59 Å². The lowest BCUT2D eigenvalue weighted by Crippen LogP contribution is -2.32. The van der Waals surface area contributed by atoms with Crippen molar-refractivity contribution in [2.75, 3.05) is 0 Å². The zero-order chi connectivity index (χ0) is 15.1.